The lowest BCUT2D eigenvalue weighted by Gasteiger charge is -2.09. The molecule has 0 atom stereocenters. The summed E-state index contributed by atoms with van der Waals surface area (Å²) >= 11 is 0. The number of anilines is 2. The molecule has 7 heteroatoms. The zero-order valence-electron chi connectivity index (χ0n) is 16.3. The molecule has 4 N–H and O–H groups in total. The average Bonchev–Trinajstić information content (AvgIpc) is 3.18. The number of furan rings is 1. The molecule has 30 heavy (non-hydrogen) atoms. The summed E-state index contributed by atoms with van der Waals surface area (Å²) in [7, 11) is 0. The third-order valence-electron chi connectivity index (χ3n) is 4.57. The number of carbonyl (C=O) groups is 1. The van der Waals surface area contributed by atoms with Gasteiger partial charge in [0, 0.05) is 29.9 Å². The number of nitrogens with two attached hydrogens (primary N) is 1. The van der Waals surface area contributed by atoms with Gasteiger partial charge in [0.2, 0.25) is 11.6 Å². The zero-order chi connectivity index (χ0) is 20.9. The largest absolute Gasteiger partial charge is 0.437 e. The van der Waals surface area contributed by atoms with Crippen molar-refractivity contribution in [3.8, 4) is 22.5 Å². The Kier molecular flexibility index (Phi) is 5.54. The van der Waals surface area contributed by atoms with Crippen LogP contribution in [0.25, 0.3) is 33.6 Å². The van der Waals surface area contributed by atoms with Crippen molar-refractivity contribution in [1.29, 1.82) is 0 Å². The van der Waals surface area contributed by atoms with Gasteiger partial charge < -0.3 is 20.8 Å². The van der Waals surface area contributed by atoms with Gasteiger partial charge in [0.1, 0.15) is 17.9 Å². The summed E-state index contributed by atoms with van der Waals surface area (Å²) in [6, 6.07) is 17.3. The Morgan fingerprint density at radius 2 is 1.90 bits per heavy atom. The van der Waals surface area contributed by atoms with E-state index in [0.29, 0.717) is 36.1 Å². The van der Waals surface area contributed by atoms with Gasteiger partial charge in [-0.2, -0.15) is 0 Å². The molecule has 0 fully saturated rings. The van der Waals surface area contributed by atoms with E-state index < -0.39 is 0 Å². The highest BCUT2D eigenvalue weighted by molar-refractivity contribution is 6.06. The Morgan fingerprint density at radius 3 is 2.67 bits per heavy atom. The Balaban J connectivity index is 1.95. The van der Waals surface area contributed by atoms with Crippen molar-refractivity contribution in [2.45, 2.75) is 0 Å². The van der Waals surface area contributed by atoms with Crippen molar-refractivity contribution < 1.29 is 9.21 Å². The maximum absolute atomic E-state index is 11.8. The fraction of sp³-hybridized carbons (Fsp3) is 0.0870. The highest BCUT2D eigenvalue weighted by Crippen LogP contribution is 2.43. The average molecular weight is 399 g/mol. The van der Waals surface area contributed by atoms with E-state index in [1.807, 2.05) is 54.6 Å². The minimum Gasteiger partial charge on any atom is -0.437 e. The summed E-state index contributed by atoms with van der Waals surface area (Å²) in [6.45, 7) is 4.53. The number of carbonyl (C=O) groups excluding carboxylic acids is 1. The van der Waals surface area contributed by atoms with Gasteiger partial charge in [0.05, 0.1) is 5.39 Å². The predicted octanol–water partition coefficient (Wildman–Crippen LogP) is 4.05. The number of benzene rings is 2. The summed E-state index contributed by atoms with van der Waals surface area (Å²) in [6.07, 6.45) is 2.70. The Labute approximate surface area is 173 Å². The van der Waals surface area contributed by atoms with Gasteiger partial charge in [-0.1, -0.05) is 49.0 Å². The van der Waals surface area contributed by atoms with Crippen LogP contribution in [0.1, 0.15) is 0 Å². The first-order chi connectivity index (χ1) is 14.7. The van der Waals surface area contributed by atoms with Gasteiger partial charge >= 0.3 is 0 Å². The quantitative estimate of drug-likeness (QED) is 0.405. The van der Waals surface area contributed by atoms with Crippen LogP contribution in [0.5, 0.6) is 0 Å². The number of hydrogen-bond donors (Lipinski definition) is 3. The van der Waals surface area contributed by atoms with Crippen LogP contribution in [0.2, 0.25) is 0 Å². The van der Waals surface area contributed by atoms with Crippen molar-refractivity contribution in [3.63, 3.8) is 0 Å². The summed E-state index contributed by atoms with van der Waals surface area (Å²) in [5.41, 5.74) is 9.40. The molecule has 2 aromatic carbocycles. The van der Waals surface area contributed by atoms with Gasteiger partial charge in [0.25, 0.3) is 0 Å². The summed E-state index contributed by atoms with van der Waals surface area (Å²) in [4.78, 5) is 20.5. The van der Waals surface area contributed by atoms with E-state index >= 15 is 0 Å². The maximum atomic E-state index is 11.8. The van der Waals surface area contributed by atoms with E-state index in [4.69, 9.17) is 10.2 Å². The maximum Gasteiger partial charge on any atom is 0.247 e. The first-order valence-corrected chi connectivity index (χ1v) is 9.52. The lowest BCUT2D eigenvalue weighted by molar-refractivity contribution is -0.111. The molecule has 0 aliphatic carbocycles. The van der Waals surface area contributed by atoms with Gasteiger partial charge in [-0.05, 0) is 23.8 Å². The third kappa shape index (κ3) is 3.78. The highest BCUT2D eigenvalue weighted by Gasteiger charge is 2.22. The highest BCUT2D eigenvalue weighted by atomic mass is 16.3. The van der Waals surface area contributed by atoms with E-state index in [1.165, 1.54) is 12.4 Å². The first-order valence-electron chi connectivity index (χ1n) is 9.52. The van der Waals surface area contributed by atoms with Crippen LogP contribution in [0.4, 0.5) is 11.5 Å². The van der Waals surface area contributed by atoms with Crippen LogP contribution in [-0.2, 0) is 4.79 Å². The molecule has 0 saturated carbocycles. The second-order valence-electron chi connectivity index (χ2n) is 6.56. The SMILES string of the molecule is C=CC(=O)Nc1cccc(-c2c(-c3ccccc3)oc3ncnc(NCCN)c23)c1. The van der Waals surface area contributed by atoms with Crippen molar-refractivity contribution in [2.24, 2.45) is 5.73 Å². The molecule has 0 bridgehead atoms. The molecule has 0 saturated heterocycles. The van der Waals surface area contributed by atoms with Crippen LogP contribution in [0, 0.1) is 0 Å². The monoisotopic (exact) mass is 399 g/mol. The number of amides is 1. The Bertz CT molecular complexity index is 1200. The zero-order valence-corrected chi connectivity index (χ0v) is 16.3. The second kappa shape index (κ2) is 8.59. The normalized spacial score (nSPS) is 10.7. The fourth-order valence-corrected chi connectivity index (χ4v) is 3.27. The number of rotatable bonds is 7. The fourth-order valence-electron chi connectivity index (χ4n) is 3.27. The molecule has 2 heterocycles. The van der Waals surface area contributed by atoms with Crippen molar-refractivity contribution in [3.05, 3.63) is 73.6 Å². The number of hydrogen-bond acceptors (Lipinski definition) is 6. The van der Waals surface area contributed by atoms with E-state index in [9.17, 15) is 4.79 Å². The van der Waals surface area contributed by atoms with Crippen molar-refractivity contribution >= 4 is 28.5 Å². The minimum atomic E-state index is -0.277. The molecule has 0 aliphatic rings. The molecule has 4 rings (SSSR count). The molecule has 2 aromatic heterocycles. The lowest BCUT2D eigenvalue weighted by Crippen LogP contribution is -2.14. The summed E-state index contributed by atoms with van der Waals surface area (Å²) in [5, 5.41) is 6.81. The molecule has 0 spiro atoms. The standard InChI is InChI=1S/C23H21N5O2/c1-2-18(29)28-17-10-6-9-16(13-17)19-20-22(25-12-11-24)26-14-27-23(20)30-21(19)15-7-4-3-5-8-15/h2-10,13-14H,1,11-12,24H2,(H,28,29)(H,25,26,27). The van der Waals surface area contributed by atoms with E-state index in [0.717, 1.165) is 22.1 Å². The van der Waals surface area contributed by atoms with Gasteiger partial charge in [0.15, 0.2) is 0 Å². The third-order valence-corrected chi connectivity index (χ3v) is 4.57. The van der Waals surface area contributed by atoms with Crippen LogP contribution in [-0.4, -0.2) is 29.0 Å². The number of nitrogens with zero attached hydrogens (tertiary/aromatic N) is 2. The van der Waals surface area contributed by atoms with Gasteiger partial charge in [-0.25, -0.2) is 9.97 Å². The van der Waals surface area contributed by atoms with E-state index in [-0.39, 0.29) is 5.91 Å². The lowest BCUT2D eigenvalue weighted by atomic mass is 9.99. The number of nitrogens with one attached hydrogen (secondary N) is 2. The van der Waals surface area contributed by atoms with Crippen molar-refractivity contribution in [2.75, 3.05) is 23.7 Å². The van der Waals surface area contributed by atoms with Crippen molar-refractivity contribution in [1.82, 2.24) is 9.97 Å². The predicted molar refractivity (Wildman–Crippen MR) is 119 cm³/mol. The van der Waals surface area contributed by atoms with Crippen LogP contribution in [0.15, 0.2) is 78.0 Å². The number of aromatic nitrogens is 2. The second-order valence-corrected chi connectivity index (χ2v) is 6.56. The minimum absolute atomic E-state index is 0.277. The van der Waals surface area contributed by atoms with E-state index in [1.54, 1.807) is 0 Å². The van der Waals surface area contributed by atoms with Crippen LogP contribution < -0.4 is 16.4 Å². The molecule has 4 aromatic rings. The molecule has 150 valence electrons. The Hall–Kier alpha value is -3.97. The molecular formula is C23H21N5O2. The molecule has 7 nitrogen and oxygen atoms in total. The van der Waals surface area contributed by atoms with Gasteiger partial charge in [-0.15, -0.1) is 0 Å². The summed E-state index contributed by atoms with van der Waals surface area (Å²) < 4.78 is 6.18. The molecular weight excluding hydrogens is 378 g/mol. The van der Waals surface area contributed by atoms with E-state index in [2.05, 4.69) is 27.2 Å². The first kappa shape index (κ1) is 19.4. The van der Waals surface area contributed by atoms with Crippen LogP contribution in [0.3, 0.4) is 0 Å². The van der Waals surface area contributed by atoms with Crippen LogP contribution >= 0.6 is 0 Å². The number of fused-ring (bicyclic) bond motifs is 1. The molecule has 1 amide bonds. The van der Waals surface area contributed by atoms with Gasteiger partial charge in [-0.3, -0.25) is 4.79 Å². The molecule has 0 aliphatic heterocycles. The topological polar surface area (TPSA) is 106 Å². The molecule has 0 radical (unpaired) electrons. The smallest absolute Gasteiger partial charge is 0.247 e. The Morgan fingerprint density at radius 1 is 1.10 bits per heavy atom. The molecule has 0 unspecified atom stereocenters. The summed E-state index contributed by atoms with van der Waals surface area (Å²) in [5.74, 6) is 1.04.